The molecule has 7 heteroatoms. The van der Waals surface area contributed by atoms with E-state index in [-0.39, 0.29) is 4.90 Å². The van der Waals surface area contributed by atoms with Crippen LogP contribution in [0.15, 0.2) is 41.3 Å². The van der Waals surface area contributed by atoms with Crippen LogP contribution in [0.3, 0.4) is 0 Å². The largest absolute Gasteiger partial charge is 0.497 e. The third-order valence-corrected chi connectivity index (χ3v) is 6.74. The fraction of sp³-hybridized carbons (Fsp3) is 0.400. The Morgan fingerprint density at radius 1 is 0.852 bits per heavy atom. The molecule has 6 nitrogen and oxygen atoms in total. The van der Waals surface area contributed by atoms with Crippen molar-refractivity contribution in [3.63, 3.8) is 0 Å². The number of hydrogen-bond donors (Lipinski definition) is 0. The zero-order chi connectivity index (χ0) is 19.6. The van der Waals surface area contributed by atoms with E-state index in [4.69, 9.17) is 9.47 Å². The maximum atomic E-state index is 13.1. The van der Waals surface area contributed by atoms with Crippen LogP contribution < -0.4 is 14.4 Å². The number of piperazine rings is 1. The molecule has 0 aliphatic carbocycles. The highest BCUT2D eigenvalue weighted by Gasteiger charge is 2.31. The second-order valence-electron chi connectivity index (χ2n) is 6.75. The Balaban J connectivity index is 1.79. The van der Waals surface area contributed by atoms with Crippen LogP contribution >= 0.6 is 0 Å². The smallest absolute Gasteiger partial charge is 0.246 e. The molecular weight excluding hydrogens is 364 g/mol. The highest BCUT2D eigenvalue weighted by Crippen LogP contribution is 2.31. The van der Waals surface area contributed by atoms with Crippen LogP contribution in [0.4, 0.5) is 5.69 Å². The maximum absolute atomic E-state index is 13.1. The van der Waals surface area contributed by atoms with Crippen LogP contribution in [-0.2, 0) is 10.0 Å². The van der Waals surface area contributed by atoms with Crippen LogP contribution in [0.1, 0.15) is 11.1 Å². The van der Waals surface area contributed by atoms with E-state index in [0.717, 1.165) is 5.69 Å². The summed E-state index contributed by atoms with van der Waals surface area (Å²) in [4.78, 5) is 2.41. The Morgan fingerprint density at radius 2 is 1.48 bits per heavy atom. The molecule has 0 aromatic heterocycles. The second-order valence-corrected chi connectivity index (χ2v) is 8.66. The molecule has 1 aliphatic rings. The molecule has 0 amide bonds. The molecule has 0 unspecified atom stereocenters. The van der Waals surface area contributed by atoms with E-state index in [1.54, 1.807) is 18.2 Å². The minimum Gasteiger partial charge on any atom is -0.497 e. The number of benzene rings is 2. The summed E-state index contributed by atoms with van der Waals surface area (Å²) < 4.78 is 38.2. The fourth-order valence-corrected chi connectivity index (χ4v) is 5.01. The van der Waals surface area contributed by atoms with E-state index in [0.29, 0.717) is 37.7 Å². The Morgan fingerprint density at radius 3 is 2.04 bits per heavy atom. The van der Waals surface area contributed by atoms with E-state index >= 15 is 0 Å². The SMILES string of the molecule is COc1ccc(S(=O)(=O)N2CCN(c3cc(C)cc(C)c3)CC2)c(OC)c1. The zero-order valence-electron chi connectivity index (χ0n) is 16.2. The van der Waals surface area contributed by atoms with Crippen molar-refractivity contribution >= 4 is 15.7 Å². The van der Waals surface area contributed by atoms with E-state index < -0.39 is 10.0 Å². The molecule has 3 rings (SSSR count). The fourth-order valence-electron chi connectivity index (χ4n) is 3.45. The van der Waals surface area contributed by atoms with Gasteiger partial charge >= 0.3 is 0 Å². The lowest BCUT2D eigenvalue weighted by molar-refractivity contribution is 0.370. The van der Waals surface area contributed by atoms with Crippen LogP contribution in [-0.4, -0.2) is 53.1 Å². The molecule has 2 aromatic rings. The summed E-state index contributed by atoms with van der Waals surface area (Å²) in [7, 11) is -0.625. The molecule has 1 fully saturated rings. The molecule has 0 saturated carbocycles. The van der Waals surface area contributed by atoms with E-state index in [9.17, 15) is 8.42 Å². The average Bonchev–Trinajstić information content (AvgIpc) is 2.66. The number of hydrogen-bond acceptors (Lipinski definition) is 5. The number of nitrogens with zero attached hydrogens (tertiary/aromatic N) is 2. The monoisotopic (exact) mass is 390 g/mol. The molecule has 0 spiro atoms. The summed E-state index contributed by atoms with van der Waals surface area (Å²) in [6.07, 6.45) is 0. The van der Waals surface area contributed by atoms with Gasteiger partial charge in [0.05, 0.1) is 14.2 Å². The van der Waals surface area contributed by atoms with E-state index in [1.165, 1.54) is 29.7 Å². The number of sulfonamides is 1. The number of aryl methyl sites for hydroxylation is 2. The Hall–Kier alpha value is -2.25. The minimum absolute atomic E-state index is 0.172. The third-order valence-electron chi connectivity index (χ3n) is 4.80. The van der Waals surface area contributed by atoms with Gasteiger partial charge in [-0.15, -0.1) is 0 Å². The van der Waals surface area contributed by atoms with Gasteiger partial charge in [-0.2, -0.15) is 4.31 Å². The molecular formula is C20H26N2O4S. The third kappa shape index (κ3) is 4.04. The molecule has 0 atom stereocenters. The van der Waals surface area contributed by atoms with Gasteiger partial charge in [-0.05, 0) is 49.2 Å². The predicted octanol–water partition coefficient (Wildman–Crippen LogP) is 2.83. The van der Waals surface area contributed by atoms with Gasteiger partial charge in [-0.1, -0.05) is 6.07 Å². The van der Waals surface area contributed by atoms with Gasteiger partial charge in [-0.25, -0.2) is 8.42 Å². The van der Waals surface area contributed by atoms with Crippen molar-refractivity contribution in [2.45, 2.75) is 18.7 Å². The van der Waals surface area contributed by atoms with Gasteiger partial charge in [-0.3, -0.25) is 0 Å². The molecule has 27 heavy (non-hydrogen) atoms. The Bertz CT molecular complexity index is 899. The summed E-state index contributed by atoms with van der Waals surface area (Å²) in [5.74, 6) is 0.858. The number of rotatable bonds is 5. The van der Waals surface area contributed by atoms with Crippen molar-refractivity contribution in [1.29, 1.82) is 0 Å². The van der Waals surface area contributed by atoms with Crippen molar-refractivity contribution in [3.8, 4) is 11.5 Å². The van der Waals surface area contributed by atoms with Crippen molar-refractivity contribution in [3.05, 3.63) is 47.5 Å². The van der Waals surface area contributed by atoms with Crippen LogP contribution in [0, 0.1) is 13.8 Å². The molecule has 146 valence electrons. The number of anilines is 1. The minimum atomic E-state index is -3.63. The lowest BCUT2D eigenvalue weighted by Crippen LogP contribution is -2.48. The lowest BCUT2D eigenvalue weighted by Gasteiger charge is -2.35. The molecule has 1 aliphatic heterocycles. The van der Waals surface area contributed by atoms with Gasteiger partial charge < -0.3 is 14.4 Å². The van der Waals surface area contributed by atoms with Crippen molar-refractivity contribution < 1.29 is 17.9 Å². The number of ether oxygens (including phenoxy) is 2. The highest BCUT2D eigenvalue weighted by atomic mass is 32.2. The van der Waals surface area contributed by atoms with Gasteiger partial charge in [0.25, 0.3) is 0 Å². The zero-order valence-corrected chi connectivity index (χ0v) is 17.0. The molecule has 0 radical (unpaired) electrons. The van der Waals surface area contributed by atoms with Crippen molar-refractivity contribution in [2.75, 3.05) is 45.3 Å². The summed E-state index contributed by atoms with van der Waals surface area (Å²) in [5.41, 5.74) is 3.57. The summed E-state index contributed by atoms with van der Waals surface area (Å²) in [6.45, 7) is 6.33. The first-order valence-corrected chi connectivity index (χ1v) is 10.3. The van der Waals surface area contributed by atoms with Crippen LogP contribution in [0.2, 0.25) is 0 Å². The van der Waals surface area contributed by atoms with Crippen LogP contribution in [0.5, 0.6) is 11.5 Å². The highest BCUT2D eigenvalue weighted by molar-refractivity contribution is 7.89. The summed E-state index contributed by atoms with van der Waals surface area (Å²) >= 11 is 0. The Kier molecular flexibility index (Phi) is 5.62. The normalized spacial score (nSPS) is 15.6. The molecule has 2 aromatic carbocycles. The second kappa shape index (κ2) is 7.78. The predicted molar refractivity (Wildman–Crippen MR) is 106 cm³/mol. The van der Waals surface area contributed by atoms with Gasteiger partial charge in [0.2, 0.25) is 10.0 Å². The van der Waals surface area contributed by atoms with Gasteiger partial charge in [0.15, 0.2) is 0 Å². The van der Waals surface area contributed by atoms with E-state index in [1.807, 2.05) is 0 Å². The molecule has 0 bridgehead atoms. The Labute approximate surface area is 161 Å². The first-order chi connectivity index (χ1) is 12.8. The molecule has 1 heterocycles. The first-order valence-electron chi connectivity index (χ1n) is 8.90. The quantitative estimate of drug-likeness (QED) is 0.786. The number of methoxy groups -OCH3 is 2. The van der Waals surface area contributed by atoms with Crippen molar-refractivity contribution in [1.82, 2.24) is 4.31 Å². The standard InChI is InChI=1S/C20H26N2O4S/c1-15-11-16(2)13-17(12-15)21-7-9-22(10-8-21)27(23,24)20-6-5-18(25-3)14-19(20)26-4/h5-6,11-14H,7-10H2,1-4H3. The van der Waals surface area contributed by atoms with Crippen molar-refractivity contribution in [2.24, 2.45) is 0 Å². The van der Waals surface area contributed by atoms with Gasteiger partial charge in [0.1, 0.15) is 16.4 Å². The lowest BCUT2D eigenvalue weighted by atomic mass is 10.1. The van der Waals surface area contributed by atoms with Crippen LogP contribution in [0.25, 0.3) is 0 Å². The maximum Gasteiger partial charge on any atom is 0.246 e. The van der Waals surface area contributed by atoms with Gasteiger partial charge in [0, 0.05) is 37.9 Å². The topological polar surface area (TPSA) is 59.1 Å². The summed E-state index contributed by atoms with van der Waals surface area (Å²) in [5, 5.41) is 0. The summed E-state index contributed by atoms with van der Waals surface area (Å²) in [6, 6.07) is 11.2. The molecule has 1 saturated heterocycles. The molecule has 0 N–H and O–H groups in total. The first kappa shape index (κ1) is 19.5. The average molecular weight is 391 g/mol. The van der Waals surface area contributed by atoms with E-state index in [2.05, 4.69) is 36.9 Å².